The highest BCUT2D eigenvalue weighted by atomic mass is 19.1. The zero-order valence-corrected chi connectivity index (χ0v) is 8.14. The SMILES string of the molecule is Cc1ccc(OCCCF)cc1C. The highest BCUT2D eigenvalue weighted by Crippen LogP contribution is 2.16. The van der Waals surface area contributed by atoms with Crippen molar-refractivity contribution in [2.24, 2.45) is 0 Å². The first-order valence-electron chi connectivity index (χ1n) is 4.50. The van der Waals surface area contributed by atoms with Gasteiger partial charge in [-0.1, -0.05) is 6.07 Å². The lowest BCUT2D eigenvalue weighted by Gasteiger charge is -2.06. The van der Waals surface area contributed by atoms with E-state index in [1.165, 1.54) is 11.1 Å². The Morgan fingerprint density at radius 3 is 2.62 bits per heavy atom. The number of hydrogen-bond acceptors (Lipinski definition) is 1. The highest BCUT2D eigenvalue weighted by Gasteiger charge is 1.96. The third kappa shape index (κ3) is 3.05. The number of halogens is 1. The number of ether oxygens (including phenoxy) is 1. The van der Waals surface area contributed by atoms with Crippen LogP contribution in [0.1, 0.15) is 17.5 Å². The molecule has 2 heteroatoms. The van der Waals surface area contributed by atoms with Crippen LogP contribution < -0.4 is 4.74 Å². The van der Waals surface area contributed by atoms with Crippen LogP contribution >= 0.6 is 0 Å². The van der Waals surface area contributed by atoms with Gasteiger partial charge in [-0.2, -0.15) is 0 Å². The Morgan fingerprint density at radius 2 is 2.00 bits per heavy atom. The summed E-state index contributed by atoms with van der Waals surface area (Å²) in [5, 5.41) is 0. The molecule has 0 heterocycles. The second-order valence-corrected chi connectivity index (χ2v) is 3.14. The van der Waals surface area contributed by atoms with E-state index in [4.69, 9.17) is 4.74 Å². The van der Waals surface area contributed by atoms with E-state index in [0.717, 1.165) is 5.75 Å². The Morgan fingerprint density at radius 1 is 1.23 bits per heavy atom. The third-order valence-corrected chi connectivity index (χ3v) is 2.03. The van der Waals surface area contributed by atoms with Crippen LogP contribution in [-0.4, -0.2) is 13.3 Å². The van der Waals surface area contributed by atoms with Crippen molar-refractivity contribution >= 4 is 0 Å². The molecule has 0 saturated heterocycles. The standard InChI is InChI=1S/C11H15FO/c1-9-4-5-11(8-10(9)2)13-7-3-6-12/h4-5,8H,3,6-7H2,1-2H3. The fourth-order valence-corrected chi connectivity index (χ4v) is 1.05. The predicted octanol–water partition coefficient (Wildman–Crippen LogP) is 3.04. The Labute approximate surface area is 78.5 Å². The quantitative estimate of drug-likeness (QED) is 0.650. The molecule has 1 nitrogen and oxygen atoms in total. The molecule has 0 bridgehead atoms. The van der Waals surface area contributed by atoms with Crippen molar-refractivity contribution < 1.29 is 9.13 Å². The van der Waals surface area contributed by atoms with Gasteiger partial charge in [0.15, 0.2) is 0 Å². The number of rotatable bonds is 4. The summed E-state index contributed by atoms with van der Waals surface area (Å²) in [6.45, 7) is 4.24. The monoisotopic (exact) mass is 182 g/mol. The zero-order chi connectivity index (χ0) is 9.68. The lowest BCUT2D eigenvalue weighted by molar-refractivity contribution is 0.289. The van der Waals surface area contributed by atoms with Gasteiger partial charge in [0.1, 0.15) is 5.75 Å². The minimum atomic E-state index is -0.315. The van der Waals surface area contributed by atoms with Gasteiger partial charge >= 0.3 is 0 Å². The number of aryl methyl sites for hydroxylation is 2. The molecule has 72 valence electrons. The van der Waals surface area contributed by atoms with Gasteiger partial charge in [-0.15, -0.1) is 0 Å². The first kappa shape index (κ1) is 10.0. The molecule has 0 saturated carbocycles. The molecule has 0 spiro atoms. The van der Waals surface area contributed by atoms with Crippen LogP contribution in [-0.2, 0) is 0 Å². The topological polar surface area (TPSA) is 9.23 Å². The second kappa shape index (κ2) is 4.85. The summed E-state index contributed by atoms with van der Waals surface area (Å²) < 4.78 is 17.1. The summed E-state index contributed by atoms with van der Waals surface area (Å²) in [4.78, 5) is 0. The predicted molar refractivity (Wildman–Crippen MR) is 52.0 cm³/mol. The molecule has 1 rings (SSSR count). The Hall–Kier alpha value is -1.05. The molecule has 1 aromatic carbocycles. The van der Waals surface area contributed by atoms with Crippen LogP contribution in [0.5, 0.6) is 5.75 Å². The Bertz CT molecular complexity index is 271. The van der Waals surface area contributed by atoms with Gasteiger partial charge in [0, 0.05) is 6.42 Å². The van der Waals surface area contributed by atoms with E-state index in [0.29, 0.717) is 13.0 Å². The largest absolute Gasteiger partial charge is 0.493 e. The van der Waals surface area contributed by atoms with Crippen molar-refractivity contribution in [2.75, 3.05) is 13.3 Å². The minimum Gasteiger partial charge on any atom is -0.493 e. The molecular formula is C11H15FO. The molecule has 13 heavy (non-hydrogen) atoms. The van der Waals surface area contributed by atoms with E-state index in [9.17, 15) is 4.39 Å². The van der Waals surface area contributed by atoms with Crippen LogP contribution in [0.15, 0.2) is 18.2 Å². The first-order valence-corrected chi connectivity index (χ1v) is 4.50. The van der Waals surface area contributed by atoms with Crippen LogP contribution in [0.3, 0.4) is 0 Å². The molecule has 0 amide bonds. The number of benzene rings is 1. The van der Waals surface area contributed by atoms with Gasteiger partial charge in [0.2, 0.25) is 0 Å². The van der Waals surface area contributed by atoms with Crippen molar-refractivity contribution in [1.82, 2.24) is 0 Å². The molecule has 1 aromatic rings. The maximum absolute atomic E-state index is 11.8. The van der Waals surface area contributed by atoms with E-state index in [2.05, 4.69) is 6.92 Å². The zero-order valence-electron chi connectivity index (χ0n) is 8.14. The van der Waals surface area contributed by atoms with Gasteiger partial charge in [0.25, 0.3) is 0 Å². The van der Waals surface area contributed by atoms with Gasteiger partial charge in [-0.3, -0.25) is 4.39 Å². The van der Waals surface area contributed by atoms with Crippen LogP contribution in [0.25, 0.3) is 0 Å². The van der Waals surface area contributed by atoms with Crippen LogP contribution in [0, 0.1) is 13.8 Å². The molecule has 0 aliphatic heterocycles. The average molecular weight is 182 g/mol. The van der Waals surface area contributed by atoms with Crippen molar-refractivity contribution in [1.29, 1.82) is 0 Å². The van der Waals surface area contributed by atoms with Gasteiger partial charge in [-0.25, -0.2) is 0 Å². The van der Waals surface area contributed by atoms with Crippen molar-refractivity contribution in [3.63, 3.8) is 0 Å². The van der Waals surface area contributed by atoms with Gasteiger partial charge < -0.3 is 4.74 Å². The molecule has 0 aliphatic carbocycles. The summed E-state index contributed by atoms with van der Waals surface area (Å²) in [6, 6.07) is 5.91. The molecular weight excluding hydrogens is 167 g/mol. The first-order chi connectivity index (χ1) is 6.24. The van der Waals surface area contributed by atoms with Gasteiger partial charge in [0.05, 0.1) is 13.3 Å². The van der Waals surface area contributed by atoms with E-state index in [-0.39, 0.29) is 6.67 Å². The third-order valence-electron chi connectivity index (χ3n) is 2.03. The second-order valence-electron chi connectivity index (χ2n) is 3.14. The number of alkyl halides is 1. The molecule has 0 N–H and O–H groups in total. The van der Waals surface area contributed by atoms with Crippen molar-refractivity contribution in [3.8, 4) is 5.75 Å². The summed E-state index contributed by atoms with van der Waals surface area (Å²) in [5.74, 6) is 0.830. The molecule has 0 aliphatic rings. The van der Waals surface area contributed by atoms with Crippen molar-refractivity contribution in [3.05, 3.63) is 29.3 Å². The molecule has 0 radical (unpaired) electrons. The van der Waals surface area contributed by atoms with E-state index < -0.39 is 0 Å². The molecule has 0 fully saturated rings. The van der Waals surface area contributed by atoms with E-state index >= 15 is 0 Å². The Kier molecular flexibility index (Phi) is 3.74. The fraction of sp³-hybridized carbons (Fsp3) is 0.455. The summed E-state index contributed by atoms with van der Waals surface area (Å²) in [6.07, 6.45) is 0.465. The maximum atomic E-state index is 11.8. The van der Waals surface area contributed by atoms with Crippen LogP contribution in [0.4, 0.5) is 4.39 Å². The molecule has 0 atom stereocenters. The highest BCUT2D eigenvalue weighted by molar-refractivity contribution is 5.33. The lowest BCUT2D eigenvalue weighted by Crippen LogP contribution is -1.98. The molecule has 0 unspecified atom stereocenters. The Balaban J connectivity index is 2.53. The van der Waals surface area contributed by atoms with Crippen molar-refractivity contribution in [2.45, 2.75) is 20.3 Å². The van der Waals surface area contributed by atoms with E-state index in [1.807, 2.05) is 25.1 Å². The maximum Gasteiger partial charge on any atom is 0.119 e. The van der Waals surface area contributed by atoms with E-state index in [1.54, 1.807) is 0 Å². The lowest BCUT2D eigenvalue weighted by atomic mass is 10.1. The fourth-order valence-electron chi connectivity index (χ4n) is 1.05. The molecule has 0 aromatic heterocycles. The smallest absolute Gasteiger partial charge is 0.119 e. The van der Waals surface area contributed by atoms with Crippen LogP contribution in [0.2, 0.25) is 0 Å². The summed E-state index contributed by atoms with van der Waals surface area (Å²) >= 11 is 0. The number of hydrogen-bond donors (Lipinski definition) is 0. The van der Waals surface area contributed by atoms with Gasteiger partial charge in [-0.05, 0) is 37.1 Å². The normalized spacial score (nSPS) is 10.1. The summed E-state index contributed by atoms with van der Waals surface area (Å²) in [5.41, 5.74) is 2.45. The summed E-state index contributed by atoms with van der Waals surface area (Å²) in [7, 11) is 0. The minimum absolute atomic E-state index is 0.315. The average Bonchev–Trinajstić information content (AvgIpc) is 2.12.